The Labute approximate surface area is 106 Å². The zero-order valence-corrected chi connectivity index (χ0v) is 10.7. The van der Waals surface area contributed by atoms with E-state index in [-0.39, 0.29) is 0 Å². The molecule has 0 unspecified atom stereocenters. The van der Waals surface area contributed by atoms with Gasteiger partial charge in [0, 0.05) is 25.8 Å². The van der Waals surface area contributed by atoms with Crippen molar-refractivity contribution in [2.75, 3.05) is 20.3 Å². The number of hydrogen-bond donors (Lipinski definition) is 1. The number of halogens is 1. The monoisotopic (exact) mass is 256 g/mol. The smallest absolute Gasteiger partial charge is 0.213 e. The van der Waals surface area contributed by atoms with Crippen LogP contribution in [0.1, 0.15) is 18.5 Å². The zero-order chi connectivity index (χ0) is 12.1. The van der Waals surface area contributed by atoms with Crippen LogP contribution in [0.25, 0.3) is 0 Å². The van der Waals surface area contributed by atoms with E-state index < -0.39 is 0 Å². The van der Waals surface area contributed by atoms with Gasteiger partial charge < -0.3 is 14.8 Å². The molecule has 94 valence electrons. The van der Waals surface area contributed by atoms with Gasteiger partial charge in [-0.05, 0) is 18.9 Å². The summed E-state index contributed by atoms with van der Waals surface area (Å²) in [7, 11) is 1.64. The lowest BCUT2D eigenvalue weighted by molar-refractivity contribution is 0.143. The molecule has 17 heavy (non-hydrogen) atoms. The van der Waals surface area contributed by atoms with Crippen molar-refractivity contribution in [3.63, 3.8) is 0 Å². The summed E-state index contributed by atoms with van der Waals surface area (Å²) in [5.74, 6) is 0.596. The molecular formula is C12H17ClN2O2. The standard InChI is InChI=1S/C12H17ClN2O2/c1-16-6-7-17-12-5-4-10(13)11(15-12)8-14-9-2-3-9/h4-5,9,14H,2-3,6-8H2,1H3. The predicted molar refractivity (Wildman–Crippen MR) is 66.5 cm³/mol. The van der Waals surface area contributed by atoms with Gasteiger partial charge in [0.2, 0.25) is 5.88 Å². The summed E-state index contributed by atoms with van der Waals surface area (Å²) in [6.07, 6.45) is 2.50. The molecular weight excluding hydrogens is 240 g/mol. The van der Waals surface area contributed by atoms with E-state index in [1.807, 2.05) is 6.07 Å². The molecule has 1 aromatic rings. The highest BCUT2D eigenvalue weighted by Crippen LogP contribution is 2.22. The van der Waals surface area contributed by atoms with Crippen molar-refractivity contribution in [3.8, 4) is 5.88 Å². The van der Waals surface area contributed by atoms with Gasteiger partial charge in [0.05, 0.1) is 17.3 Å². The highest BCUT2D eigenvalue weighted by molar-refractivity contribution is 6.31. The Morgan fingerprint density at radius 1 is 1.41 bits per heavy atom. The fourth-order valence-corrected chi connectivity index (χ4v) is 1.60. The Balaban J connectivity index is 1.90. The van der Waals surface area contributed by atoms with Gasteiger partial charge in [-0.3, -0.25) is 0 Å². The van der Waals surface area contributed by atoms with Gasteiger partial charge in [-0.15, -0.1) is 0 Å². The lowest BCUT2D eigenvalue weighted by atomic mass is 10.3. The summed E-state index contributed by atoms with van der Waals surface area (Å²) in [5, 5.41) is 4.06. The Morgan fingerprint density at radius 3 is 2.94 bits per heavy atom. The second-order valence-electron chi connectivity index (χ2n) is 4.07. The predicted octanol–water partition coefficient (Wildman–Crippen LogP) is 2.01. The van der Waals surface area contributed by atoms with Crippen LogP contribution in [0.2, 0.25) is 5.02 Å². The van der Waals surface area contributed by atoms with E-state index >= 15 is 0 Å². The number of hydrogen-bond acceptors (Lipinski definition) is 4. The van der Waals surface area contributed by atoms with Crippen LogP contribution < -0.4 is 10.1 Å². The Hall–Kier alpha value is -0.840. The number of nitrogens with zero attached hydrogens (tertiary/aromatic N) is 1. The topological polar surface area (TPSA) is 43.4 Å². The van der Waals surface area contributed by atoms with Crippen LogP contribution in [0.15, 0.2) is 12.1 Å². The minimum absolute atomic E-state index is 0.501. The van der Waals surface area contributed by atoms with Gasteiger partial charge >= 0.3 is 0 Å². The third-order valence-corrected chi connectivity index (χ3v) is 2.91. The second kappa shape index (κ2) is 6.19. The van der Waals surface area contributed by atoms with Gasteiger partial charge in [-0.1, -0.05) is 11.6 Å². The fourth-order valence-electron chi connectivity index (χ4n) is 1.43. The number of aromatic nitrogens is 1. The van der Waals surface area contributed by atoms with Crippen LogP contribution in [0.5, 0.6) is 5.88 Å². The van der Waals surface area contributed by atoms with Crippen molar-refractivity contribution in [1.82, 2.24) is 10.3 Å². The summed E-state index contributed by atoms with van der Waals surface area (Å²) >= 11 is 6.08. The second-order valence-corrected chi connectivity index (χ2v) is 4.48. The highest BCUT2D eigenvalue weighted by atomic mass is 35.5. The first-order valence-electron chi connectivity index (χ1n) is 5.80. The molecule has 1 aromatic heterocycles. The van der Waals surface area contributed by atoms with E-state index in [0.717, 1.165) is 5.69 Å². The molecule has 1 aliphatic rings. The maximum absolute atomic E-state index is 6.08. The molecule has 2 rings (SSSR count). The molecule has 1 fully saturated rings. The average molecular weight is 257 g/mol. The Kier molecular flexibility index (Phi) is 4.59. The van der Waals surface area contributed by atoms with Crippen LogP contribution in [0, 0.1) is 0 Å². The summed E-state index contributed by atoms with van der Waals surface area (Å²) in [6, 6.07) is 4.24. The fraction of sp³-hybridized carbons (Fsp3) is 0.583. The first-order chi connectivity index (χ1) is 8.29. The molecule has 0 aliphatic heterocycles. The minimum atomic E-state index is 0.501. The third kappa shape index (κ3) is 4.15. The summed E-state index contributed by atoms with van der Waals surface area (Å²) in [5.41, 5.74) is 0.841. The summed E-state index contributed by atoms with van der Waals surface area (Å²) in [4.78, 5) is 4.37. The first-order valence-corrected chi connectivity index (χ1v) is 6.18. The molecule has 0 saturated heterocycles. The van der Waals surface area contributed by atoms with Crippen molar-refractivity contribution < 1.29 is 9.47 Å². The van der Waals surface area contributed by atoms with Crippen LogP contribution in [-0.2, 0) is 11.3 Å². The molecule has 1 N–H and O–H groups in total. The van der Waals surface area contributed by atoms with Crippen molar-refractivity contribution in [2.24, 2.45) is 0 Å². The van der Waals surface area contributed by atoms with E-state index in [4.69, 9.17) is 21.1 Å². The molecule has 1 saturated carbocycles. The van der Waals surface area contributed by atoms with E-state index in [2.05, 4.69) is 10.3 Å². The normalized spacial score (nSPS) is 14.9. The lowest BCUT2D eigenvalue weighted by Crippen LogP contribution is -2.17. The number of methoxy groups -OCH3 is 1. The highest BCUT2D eigenvalue weighted by Gasteiger charge is 2.20. The third-order valence-electron chi connectivity index (χ3n) is 2.57. The van der Waals surface area contributed by atoms with Crippen LogP contribution in [0.4, 0.5) is 0 Å². The van der Waals surface area contributed by atoms with Crippen molar-refractivity contribution in [2.45, 2.75) is 25.4 Å². The molecule has 0 aromatic carbocycles. The lowest BCUT2D eigenvalue weighted by Gasteiger charge is -2.08. The number of rotatable bonds is 7. The van der Waals surface area contributed by atoms with Gasteiger partial charge in [0.25, 0.3) is 0 Å². The SMILES string of the molecule is COCCOc1ccc(Cl)c(CNC2CC2)n1. The molecule has 4 nitrogen and oxygen atoms in total. The van der Waals surface area contributed by atoms with E-state index in [9.17, 15) is 0 Å². The number of ether oxygens (including phenoxy) is 2. The molecule has 0 bridgehead atoms. The molecule has 5 heteroatoms. The van der Waals surface area contributed by atoms with Crippen LogP contribution >= 0.6 is 11.6 Å². The van der Waals surface area contributed by atoms with Crippen molar-refractivity contribution in [1.29, 1.82) is 0 Å². The van der Waals surface area contributed by atoms with Gasteiger partial charge in [-0.25, -0.2) is 4.98 Å². The van der Waals surface area contributed by atoms with Crippen LogP contribution in [-0.4, -0.2) is 31.3 Å². The summed E-state index contributed by atoms with van der Waals surface area (Å²) in [6.45, 7) is 1.76. The van der Waals surface area contributed by atoms with E-state index in [1.54, 1.807) is 13.2 Å². The molecule has 0 atom stereocenters. The van der Waals surface area contributed by atoms with Crippen molar-refractivity contribution >= 4 is 11.6 Å². The van der Waals surface area contributed by atoms with E-state index in [1.165, 1.54) is 12.8 Å². The molecule has 0 amide bonds. The average Bonchev–Trinajstić information content (AvgIpc) is 3.14. The maximum Gasteiger partial charge on any atom is 0.213 e. The number of nitrogens with one attached hydrogen (secondary N) is 1. The minimum Gasteiger partial charge on any atom is -0.475 e. The Morgan fingerprint density at radius 2 is 2.24 bits per heavy atom. The quantitative estimate of drug-likeness (QED) is 0.758. The molecule has 1 heterocycles. The van der Waals surface area contributed by atoms with Gasteiger partial charge in [0.15, 0.2) is 0 Å². The molecule has 0 radical (unpaired) electrons. The largest absolute Gasteiger partial charge is 0.475 e. The zero-order valence-electron chi connectivity index (χ0n) is 9.91. The van der Waals surface area contributed by atoms with Crippen molar-refractivity contribution in [3.05, 3.63) is 22.8 Å². The van der Waals surface area contributed by atoms with E-state index in [0.29, 0.717) is 36.7 Å². The molecule has 1 aliphatic carbocycles. The Bertz CT molecular complexity index is 370. The maximum atomic E-state index is 6.08. The van der Waals surface area contributed by atoms with Crippen LogP contribution in [0.3, 0.4) is 0 Å². The molecule has 0 spiro atoms. The van der Waals surface area contributed by atoms with Gasteiger partial charge in [-0.2, -0.15) is 0 Å². The summed E-state index contributed by atoms with van der Waals surface area (Å²) < 4.78 is 10.4. The van der Waals surface area contributed by atoms with Gasteiger partial charge in [0.1, 0.15) is 6.61 Å². The number of pyridine rings is 1. The first kappa shape index (κ1) is 12.6.